The Labute approximate surface area is 178 Å². The number of aromatic nitrogens is 4. The van der Waals surface area contributed by atoms with Crippen LogP contribution in [0.4, 0.5) is 5.69 Å². The highest BCUT2D eigenvalue weighted by Gasteiger charge is 2.21. The van der Waals surface area contributed by atoms with Crippen LogP contribution in [0.2, 0.25) is 0 Å². The van der Waals surface area contributed by atoms with Crippen LogP contribution in [0.15, 0.2) is 58.5 Å². The Bertz CT molecular complexity index is 1280. The van der Waals surface area contributed by atoms with Crippen LogP contribution in [0.1, 0.15) is 25.8 Å². The number of rotatable bonds is 6. The van der Waals surface area contributed by atoms with Crippen molar-refractivity contribution < 1.29 is 4.79 Å². The van der Waals surface area contributed by atoms with E-state index in [-0.39, 0.29) is 11.5 Å². The lowest BCUT2D eigenvalue weighted by Crippen LogP contribution is -2.24. The van der Waals surface area contributed by atoms with Gasteiger partial charge >= 0.3 is 0 Å². The Morgan fingerprint density at radius 1 is 1.13 bits per heavy atom. The van der Waals surface area contributed by atoms with Gasteiger partial charge in [0.2, 0.25) is 11.7 Å². The third-order valence-corrected chi connectivity index (χ3v) is 5.94. The first-order chi connectivity index (χ1) is 14.5. The van der Waals surface area contributed by atoms with Crippen LogP contribution in [-0.4, -0.2) is 30.3 Å². The molecule has 2 aromatic carbocycles. The zero-order chi connectivity index (χ0) is 21.3. The lowest BCUT2D eigenvalue weighted by Gasteiger charge is -2.13. The lowest BCUT2D eigenvalue weighted by atomic mass is 10.2. The molecule has 1 atom stereocenters. The molecule has 154 valence electrons. The number of aryl methyl sites for hydroxylation is 2. The molecule has 0 aliphatic rings. The number of carbonyl (C=O) groups excluding carboxylic acids is 1. The molecule has 0 aliphatic heterocycles. The molecule has 0 bridgehead atoms. The van der Waals surface area contributed by atoms with Crippen molar-refractivity contribution in [2.45, 2.75) is 44.1 Å². The van der Waals surface area contributed by atoms with Gasteiger partial charge in [-0.3, -0.25) is 18.6 Å². The molecular formula is C22H23N5O2S. The largest absolute Gasteiger partial charge is 0.325 e. The van der Waals surface area contributed by atoms with Gasteiger partial charge in [0.05, 0.1) is 16.2 Å². The highest BCUT2D eigenvalue weighted by atomic mass is 32.2. The van der Waals surface area contributed by atoms with Gasteiger partial charge in [-0.25, -0.2) is 0 Å². The maximum absolute atomic E-state index is 12.9. The summed E-state index contributed by atoms with van der Waals surface area (Å²) in [5.41, 5.74) is 2.55. The number of thioether (sulfide) groups is 1. The fraction of sp³-hybridized carbons (Fsp3) is 0.273. The number of benzene rings is 2. The first kappa shape index (κ1) is 20.2. The quantitative estimate of drug-likeness (QED) is 0.478. The van der Waals surface area contributed by atoms with E-state index in [0.29, 0.717) is 22.9 Å². The number of nitrogens with zero attached hydrogens (tertiary/aromatic N) is 4. The van der Waals surface area contributed by atoms with Crippen LogP contribution < -0.4 is 10.9 Å². The molecule has 7 nitrogen and oxygen atoms in total. The first-order valence-corrected chi connectivity index (χ1v) is 10.8. The third kappa shape index (κ3) is 3.70. The van der Waals surface area contributed by atoms with E-state index in [4.69, 9.17) is 0 Å². The van der Waals surface area contributed by atoms with E-state index >= 15 is 0 Å². The summed E-state index contributed by atoms with van der Waals surface area (Å²) in [6.07, 6.45) is 0.804. The molecule has 0 fully saturated rings. The number of para-hydroxylation sites is 1. The minimum absolute atomic E-state index is 0.0749. The second-order valence-electron chi connectivity index (χ2n) is 7.21. The number of anilines is 1. The lowest BCUT2D eigenvalue weighted by molar-refractivity contribution is -0.115. The number of amides is 1. The first-order valence-electron chi connectivity index (χ1n) is 9.90. The molecule has 30 heavy (non-hydrogen) atoms. The van der Waals surface area contributed by atoms with Gasteiger partial charge < -0.3 is 5.32 Å². The summed E-state index contributed by atoms with van der Waals surface area (Å²) in [7, 11) is 0. The molecule has 8 heteroatoms. The number of hydrogen-bond acceptors (Lipinski definition) is 5. The van der Waals surface area contributed by atoms with Crippen LogP contribution >= 0.6 is 11.8 Å². The fourth-order valence-corrected chi connectivity index (χ4v) is 4.18. The Kier molecular flexibility index (Phi) is 5.59. The Morgan fingerprint density at radius 3 is 2.60 bits per heavy atom. The number of fused-ring (bicyclic) bond motifs is 3. The fourth-order valence-electron chi connectivity index (χ4n) is 3.33. The highest BCUT2D eigenvalue weighted by molar-refractivity contribution is 8.00. The van der Waals surface area contributed by atoms with E-state index in [2.05, 4.69) is 15.5 Å². The average molecular weight is 422 g/mol. The van der Waals surface area contributed by atoms with Gasteiger partial charge in [-0.15, -0.1) is 10.2 Å². The standard InChI is InChI=1S/C22H23N5O2S/c1-4-13-26-20(29)17-7-5-6-8-18(17)27-21(26)24-25-22(27)30-15(3)19(28)23-16-11-9-14(2)10-12-16/h5-12,15H,4,13H2,1-3H3,(H,23,28). The molecule has 0 spiro atoms. The van der Waals surface area contributed by atoms with Crippen LogP contribution in [0.3, 0.4) is 0 Å². The van der Waals surface area contributed by atoms with E-state index in [1.165, 1.54) is 11.8 Å². The van der Waals surface area contributed by atoms with Crippen molar-refractivity contribution in [1.82, 2.24) is 19.2 Å². The maximum Gasteiger partial charge on any atom is 0.262 e. The van der Waals surface area contributed by atoms with Gasteiger partial charge in [0.1, 0.15) is 0 Å². The van der Waals surface area contributed by atoms with Gasteiger partial charge in [-0.05, 0) is 44.5 Å². The molecule has 1 amide bonds. The van der Waals surface area contributed by atoms with E-state index in [9.17, 15) is 9.59 Å². The number of hydrogen-bond donors (Lipinski definition) is 1. The summed E-state index contributed by atoms with van der Waals surface area (Å²) in [5.74, 6) is 0.376. The summed E-state index contributed by atoms with van der Waals surface area (Å²) in [6, 6.07) is 15.1. The van der Waals surface area contributed by atoms with Crippen LogP contribution in [0, 0.1) is 6.92 Å². The normalized spacial score (nSPS) is 12.4. The number of carbonyl (C=O) groups is 1. The van der Waals surface area contributed by atoms with Crippen LogP contribution in [0.5, 0.6) is 0 Å². The van der Waals surface area contributed by atoms with Gasteiger partial charge in [0.25, 0.3) is 5.56 Å². The molecule has 2 heterocycles. The zero-order valence-electron chi connectivity index (χ0n) is 17.1. The van der Waals surface area contributed by atoms with Crippen molar-refractivity contribution in [3.05, 3.63) is 64.4 Å². The summed E-state index contributed by atoms with van der Waals surface area (Å²) >= 11 is 1.32. The van der Waals surface area contributed by atoms with Crippen molar-refractivity contribution in [1.29, 1.82) is 0 Å². The second-order valence-corrected chi connectivity index (χ2v) is 8.52. The van der Waals surface area contributed by atoms with Gasteiger partial charge in [-0.2, -0.15) is 0 Å². The molecular weight excluding hydrogens is 398 g/mol. The van der Waals surface area contributed by atoms with Crippen LogP contribution in [0.25, 0.3) is 16.7 Å². The number of nitrogens with one attached hydrogen (secondary N) is 1. The molecule has 0 radical (unpaired) electrons. The minimum Gasteiger partial charge on any atom is -0.325 e. The SMILES string of the molecule is CCCn1c(=O)c2ccccc2n2c(SC(C)C(=O)Nc3ccc(C)cc3)nnc12. The van der Waals surface area contributed by atoms with Crippen molar-refractivity contribution in [2.75, 3.05) is 5.32 Å². The van der Waals surface area contributed by atoms with Crippen molar-refractivity contribution >= 4 is 40.0 Å². The third-order valence-electron chi connectivity index (χ3n) is 4.90. The average Bonchev–Trinajstić information content (AvgIpc) is 3.16. The van der Waals surface area contributed by atoms with E-state index in [1.807, 2.05) is 73.7 Å². The molecule has 0 saturated carbocycles. The maximum atomic E-state index is 12.9. The monoisotopic (exact) mass is 421 g/mol. The highest BCUT2D eigenvalue weighted by Crippen LogP contribution is 2.26. The molecule has 2 aromatic heterocycles. The molecule has 4 aromatic rings. The van der Waals surface area contributed by atoms with Crippen molar-refractivity contribution in [3.8, 4) is 0 Å². The summed E-state index contributed by atoms with van der Waals surface area (Å²) < 4.78 is 3.52. The predicted molar refractivity (Wildman–Crippen MR) is 120 cm³/mol. The summed E-state index contributed by atoms with van der Waals surface area (Å²) in [6.45, 7) is 6.41. The Balaban J connectivity index is 1.70. The molecule has 1 N–H and O–H groups in total. The Hall–Kier alpha value is -3.13. The topological polar surface area (TPSA) is 81.3 Å². The van der Waals surface area contributed by atoms with Crippen molar-refractivity contribution in [2.24, 2.45) is 0 Å². The second kappa shape index (κ2) is 8.31. The summed E-state index contributed by atoms with van der Waals surface area (Å²) in [4.78, 5) is 25.6. The predicted octanol–water partition coefficient (Wildman–Crippen LogP) is 3.88. The minimum atomic E-state index is -0.399. The molecule has 1 unspecified atom stereocenters. The Morgan fingerprint density at radius 2 is 1.87 bits per heavy atom. The van der Waals surface area contributed by atoms with Crippen LogP contribution in [-0.2, 0) is 11.3 Å². The van der Waals surface area contributed by atoms with E-state index in [0.717, 1.165) is 23.2 Å². The molecule has 0 aliphatic carbocycles. The smallest absolute Gasteiger partial charge is 0.262 e. The van der Waals surface area contributed by atoms with Gasteiger partial charge in [0, 0.05) is 12.2 Å². The van der Waals surface area contributed by atoms with E-state index in [1.54, 1.807) is 4.57 Å². The molecule has 4 rings (SSSR count). The van der Waals surface area contributed by atoms with Crippen molar-refractivity contribution in [3.63, 3.8) is 0 Å². The molecule has 0 saturated heterocycles. The summed E-state index contributed by atoms with van der Waals surface area (Å²) in [5, 5.41) is 12.3. The van der Waals surface area contributed by atoms with E-state index < -0.39 is 5.25 Å². The zero-order valence-corrected chi connectivity index (χ0v) is 17.9. The van der Waals surface area contributed by atoms with Gasteiger partial charge in [0.15, 0.2) is 5.16 Å². The van der Waals surface area contributed by atoms with Gasteiger partial charge in [-0.1, -0.05) is 48.5 Å².